The topological polar surface area (TPSA) is 91.6 Å². The van der Waals surface area contributed by atoms with Crippen LogP contribution >= 0.6 is 0 Å². The smallest absolute Gasteiger partial charge is 0.286 e. The van der Waals surface area contributed by atoms with Crippen molar-refractivity contribution in [3.05, 3.63) is 59.0 Å². The Morgan fingerprint density at radius 3 is 2.44 bits per heavy atom. The maximum Gasteiger partial charge on any atom is 0.286 e. The van der Waals surface area contributed by atoms with Gasteiger partial charge in [0.25, 0.3) is 11.8 Å². The number of carbonyl (C=O) groups excluding carboxylic acids is 2. The Morgan fingerprint density at radius 1 is 1.15 bits per heavy atom. The number of fused-ring (bicyclic) bond motifs is 1. The van der Waals surface area contributed by atoms with Gasteiger partial charge < -0.3 is 20.2 Å². The second kappa shape index (κ2) is 6.85. The summed E-state index contributed by atoms with van der Waals surface area (Å²) in [6.45, 7) is 1.96. The van der Waals surface area contributed by atoms with Crippen molar-refractivity contribution in [3.63, 3.8) is 0 Å². The Balaban J connectivity index is 1.59. The second-order valence-electron chi connectivity index (χ2n) is 7.55. The van der Waals surface area contributed by atoms with Gasteiger partial charge in [-0.25, -0.2) is 0 Å². The molecule has 0 spiro atoms. The lowest BCUT2D eigenvalue weighted by Gasteiger charge is -2.13. The zero-order valence-corrected chi connectivity index (χ0v) is 15.4. The summed E-state index contributed by atoms with van der Waals surface area (Å²) >= 11 is 0. The van der Waals surface area contributed by atoms with Gasteiger partial charge in [0.2, 0.25) is 0 Å². The number of amides is 2. The zero-order chi connectivity index (χ0) is 19.1. The van der Waals surface area contributed by atoms with Crippen molar-refractivity contribution in [3.8, 4) is 0 Å². The number of benzene rings is 1. The quantitative estimate of drug-likeness (QED) is 0.755. The Kier molecular flexibility index (Phi) is 4.52. The molecule has 2 aliphatic carbocycles. The molecule has 2 amide bonds. The van der Waals surface area contributed by atoms with Gasteiger partial charge in [0.1, 0.15) is 5.76 Å². The fourth-order valence-electron chi connectivity index (χ4n) is 4.29. The lowest BCUT2D eigenvalue weighted by atomic mass is 9.96. The average Bonchev–Trinajstić information content (AvgIpc) is 3.07. The molecule has 6 heteroatoms. The highest BCUT2D eigenvalue weighted by atomic mass is 16.4. The molecule has 2 fully saturated rings. The molecule has 6 nitrogen and oxygen atoms in total. The zero-order valence-electron chi connectivity index (χ0n) is 15.4. The second-order valence-corrected chi connectivity index (χ2v) is 7.55. The third kappa shape index (κ3) is 3.25. The van der Waals surface area contributed by atoms with Crippen LogP contribution < -0.4 is 10.6 Å². The summed E-state index contributed by atoms with van der Waals surface area (Å²) in [5, 5.41) is 15.3. The molecule has 0 radical (unpaired) electrons. The summed E-state index contributed by atoms with van der Waals surface area (Å²) in [5.41, 5.74) is 1.41. The van der Waals surface area contributed by atoms with Crippen LogP contribution in [0.25, 0.3) is 0 Å². The summed E-state index contributed by atoms with van der Waals surface area (Å²) < 4.78 is 5.80. The maximum absolute atomic E-state index is 12.9. The summed E-state index contributed by atoms with van der Waals surface area (Å²) in [4.78, 5) is 24.9. The molecule has 2 aliphatic rings. The molecule has 142 valence electrons. The lowest BCUT2D eigenvalue weighted by Crippen LogP contribution is -2.30. The van der Waals surface area contributed by atoms with Crippen LogP contribution in [0, 0.1) is 11.8 Å². The Hall–Kier alpha value is -2.60. The van der Waals surface area contributed by atoms with Crippen LogP contribution in [0.15, 0.2) is 40.8 Å². The highest BCUT2D eigenvalue weighted by Gasteiger charge is 2.56. The van der Waals surface area contributed by atoms with Crippen molar-refractivity contribution in [2.75, 3.05) is 7.05 Å². The minimum Gasteiger partial charge on any atom is -0.454 e. The molecule has 5 atom stereocenters. The molecule has 1 unspecified atom stereocenters. The molecule has 4 rings (SSSR count). The van der Waals surface area contributed by atoms with Gasteiger partial charge in [-0.15, -0.1) is 0 Å². The van der Waals surface area contributed by atoms with E-state index < -0.39 is 0 Å². The molecule has 1 aromatic carbocycles. The van der Waals surface area contributed by atoms with E-state index in [2.05, 4.69) is 10.6 Å². The number of aliphatic hydroxyl groups excluding tert-OH is 1. The van der Waals surface area contributed by atoms with Gasteiger partial charge in [0.05, 0.1) is 11.7 Å². The summed E-state index contributed by atoms with van der Waals surface area (Å²) in [5.74, 6) is 0.608. The maximum atomic E-state index is 12.9. The predicted octanol–water partition coefficient (Wildman–Crippen LogP) is 2.29. The van der Waals surface area contributed by atoms with Crippen LogP contribution in [0.3, 0.4) is 0 Å². The number of aliphatic hydroxyl groups is 1. The van der Waals surface area contributed by atoms with E-state index in [0.29, 0.717) is 23.2 Å². The van der Waals surface area contributed by atoms with Gasteiger partial charge in [0, 0.05) is 25.1 Å². The van der Waals surface area contributed by atoms with Gasteiger partial charge in [0.15, 0.2) is 5.76 Å². The summed E-state index contributed by atoms with van der Waals surface area (Å²) in [6, 6.07) is 11.4. The van der Waals surface area contributed by atoms with Crippen LogP contribution in [0.5, 0.6) is 0 Å². The highest BCUT2D eigenvalue weighted by Crippen LogP contribution is 2.52. The molecule has 2 saturated carbocycles. The lowest BCUT2D eigenvalue weighted by molar-refractivity contribution is 0.0924. The largest absolute Gasteiger partial charge is 0.454 e. The molecule has 0 aliphatic heterocycles. The van der Waals surface area contributed by atoms with Crippen molar-refractivity contribution in [1.82, 2.24) is 10.6 Å². The standard InChI is InChI=1S/C21H24N2O4/c1-11(12-6-4-3-5-7-12)19-16(10-17(27-19)21(26)22-2)20(25)23-18-14-8-13(24)9-15(14)18/h3-7,10-11,13-15,18,24H,8-9H2,1-2H3,(H,22,26)(H,23,25)/t11?,13-,14+,15-,18-. The van der Waals surface area contributed by atoms with Gasteiger partial charge in [-0.2, -0.15) is 0 Å². The SMILES string of the molecule is CNC(=O)c1cc(C(=O)N[C@H]2[C@@H]3C[C@H](O)C[C@@H]32)c(C(C)c2ccccc2)o1. The van der Waals surface area contributed by atoms with Gasteiger partial charge in [-0.05, 0) is 30.2 Å². The first-order chi connectivity index (χ1) is 13.0. The number of carbonyl (C=O) groups is 2. The Labute approximate surface area is 158 Å². The van der Waals surface area contributed by atoms with E-state index in [1.165, 1.54) is 13.1 Å². The Bertz CT molecular complexity index is 848. The van der Waals surface area contributed by atoms with Crippen LogP contribution in [0.1, 0.15) is 57.9 Å². The third-order valence-corrected chi connectivity index (χ3v) is 5.87. The fraction of sp³-hybridized carbons (Fsp3) is 0.429. The number of rotatable bonds is 5. The number of nitrogens with one attached hydrogen (secondary N) is 2. The fourth-order valence-corrected chi connectivity index (χ4v) is 4.29. The highest BCUT2D eigenvalue weighted by molar-refractivity contribution is 5.99. The normalized spacial score (nSPS) is 26.9. The predicted molar refractivity (Wildman–Crippen MR) is 99.5 cm³/mol. The van der Waals surface area contributed by atoms with Crippen LogP contribution in [-0.4, -0.2) is 36.1 Å². The van der Waals surface area contributed by atoms with Crippen LogP contribution in [-0.2, 0) is 0 Å². The molecule has 1 aromatic heterocycles. The van der Waals surface area contributed by atoms with E-state index in [-0.39, 0.29) is 35.6 Å². The summed E-state index contributed by atoms with van der Waals surface area (Å²) in [7, 11) is 1.53. The third-order valence-electron chi connectivity index (χ3n) is 5.87. The molecular formula is C21H24N2O4. The molecule has 3 N–H and O–H groups in total. The molecule has 27 heavy (non-hydrogen) atoms. The first-order valence-electron chi connectivity index (χ1n) is 9.39. The van der Waals surface area contributed by atoms with Crippen LogP contribution in [0.2, 0.25) is 0 Å². The molecule has 0 bridgehead atoms. The van der Waals surface area contributed by atoms with Gasteiger partial charge in [-0.1, -0.05) is 37.3 Å². The minimum atomic E-state index is -0.359. The van der Waals surface area contributed by atoms with Crippen molar-refractivity contribution in [2.45, 2.75) is 37.8 Å². The van der Waals surface area contributed by atoms with Crippen molar-refractivity contribution in [2.24, 2.45) is 11.8 Å². The van der Waals surface area contributed by atoms with E-state index in [0.717, 1.165) is 18.4 Å². The van der Waals surface area contributed by atoms with E-state index in [9.17, 15) is 14.7 Å². The molecule has 0 saturated heterocycles. The summed E-state index contributed by atoms with van der Waals surface area (Å²) in [6.07, 6.45) is 1.26. The first kappa shape index (κ1) is 17.8. The molecular weight excluding hydrogens is 344 g/mol. The Morgan fingerprint density at radius 2 is 1.81 bits per heavy atom. The monoisotopic (exact) mass is 368 g/mol. The van der Waals surface area contributed by atoms with Gasteiger partial charge >= 0.3 is 0 Å². The van der Waals surface area contributed by atoms with E-state index in [1.807, 2.05) is 37.3 Å². The van der Waals surface area contributed by atoms with Crippen molar-refractivity contribution < 1.29 is 19.1 Å². The average molecular weight is 368 g/mol. The van der Waals surface area contributed by atoms with Crippen LogP contribution in [0.4, 0.5) is 0 Å². The number of furan rings is 1. The van der Waals surface area contributed by atoms with Crippen molar-refractivity contribution in [1.29, 1.82) is 0 Å². The molecule has 1 heterocycles. The molecule has 2 aromatic rings. The van der Waals surface area contributed by atoms with Crippen molar-refractivity contribution >= 4 is 11.8 Å². The van der Waals surface area contributed by atoms with Gasteiger partial charge in [-0.3, -0.25) is 9.59 Å². The van der Waals surface area contributed by atoms with E-state index >= 15 is 0 Å². The number of hydrogen-bond acceptors (Lipinski definition) is 4. The van der Waals surface area contributed by atoms with E-state index in [1.54, 1.807) is 0 Å². The number of hydrogen-bond donors (Lipinski definition) is 3. The minimum absolute atomic E-state index is 0.110. The first-order valence-corrected chi connectivity index (χ1v) is 9.39. The van der Waals surface area contributed by atoms with E-state index in [4.69, 9.17) is 4.42 Å².